The Balaban J connectivity index is 1.30. The van der Waals surface area contributed by atoms with E-state index in [1.807, 2.05) is 50.0 Å². The largest absolute Gasteiger partial charge is 0.457 e. The molecule has 0 aromatic heterocycles. The van der Waals surface area contributed by atoms with Gasteiger partial charge < -0.3 is 29.1 Å². The number of morpholine rings is 1. The molecule has 0 spiro atoms. The molecular weight excluding hydrogens is 589 g/mol. The zero-order valence-corrected chi connectivity index (χ0v) is 27.7. The van der Waals surface area contributed by atoms with Crippen molar-refractivity contribution in [3.63, 3.8) is 0 Å². The zero-order chi connectivity index (χ0) is 32.6. The Morgan fingerprint density at radius 2 is 1.70 bits per heavy atom. The highest BCUT2D eigenvalue weighted by molar-refractivity contribution is 5.71. The Labute approximate surface area is 273 Å². The first kappa shape index (κ1) is 34.4. The van der Waals surface area contributed by atoms with Gasteiger partial charge in [-0.05, 0) is 73.9 Å². The van der Waals surface area contributed by atoms with Gasteiger partial charge in [0.25, 0.3) is 0 Å². The third-order valence-corrected chi connectivity index (χ3v) is 10.0. The summed E-state index contributed by atoms with van der Waals surface area (Å²) in [5.74, 6) is -1.15. The highest BCUT2D eigenvalue weighted by Gasteiger charge is 2.31. The van der Waals surface area contributed by atoms with Crippen LogP contribution in [0.3, 0.4) is 0 Å². The summed E-state index contributed by atoms with van der Waals surface area (Å²) in [7, 11) is 0. The number of aliphatic hydroxyl groups excluding tert-OH is 1. The minimum absolute atomic E-state index is 0.0572. The van der Waals surface area contributed by atoms with Gasteiger partial charge in [0.1, 0.15) is 18.0 Å². The lowest BCUT2D eigenvalue weighted by molar-refractivity contribution is -0.151. The molecule has 9 nitrogen and oxygen atoms in total. The van der Waals surface area contributed by atoms with Crippen LogP contribution in [0.15, 0.2) is 35.9 Å². The molecule has 3 fully saturated rings. The number of hydrogen-bond acceptors (Lipinski definition) is 8. The second-order valence-corrected chi connectivity index (χ2v) is 13.6. The van der Waals surface area contributed by atoms with Gasteiger partial charge >= 0.3 is 12.1 Å². The van der Waals surface area contributed by atoms with Crippen LogP contribution in [0, 0.1) is 17.7 Å². The molecule has 1 N–H and O–H groups in total. The normalized spacial score (nSPS) is 30.3. The van der Waals surface area contributed by atoms with E-state index >= 15 is 0 Å². The number of piperazine rings is 1. The number of halogens is 1. The van der Waals surface area contributed by atoms with E-state index in [0.717, 1.165) is 24.4 Å². The number of aliphatic hydroxyl groups is 1. The van der Waals surface area contributed by atoms with E-state index in [4.69, 9.17) is 14.2 Å². The molecule has 0 bridgehead atoms. The molecule has 5 atom stereocenters. The maximum Gasteiger partial charge on any atom is 0.410 e. The van der Waals surface area contributed by atoms with Crippen LogP contribution < -0.4 is 4.90 Å². The van der Waals surface area contributed by atoms with E-state index in [2.05, 4.69) is 9.80 Å². The molecule has 1 aromatic carbocycles. The van der Waals surface area contributed by atoms with Crippen molar-refractivity contribution in [1.29, 1.82) is 0 Å². The van der Waals surface area contributed by atoms with Crippen molar-refractivity contribution in [2.24, 2.45) is 11.8 Å². The van der Waals surface area contributed by atoms with Crippen LogP contribution in [0.1, 0.15) is 71.3 Å². The number of esters is 1. The average molecular weight is 642 g/mol. The zero-order valence-electron chi connectivity index (χ0n) is 27.7. The Morgan fingerprint density at radius 3 is 2.41 bits per heavy atom. The molecule has 0 radical (unpaired) electrons. The molecule has 1 saturated carbocycles. The second-order valence-electron chi connectivity index (χ2n) is 13.6. The number of carbonyl (C=O) groups excluding carboxylic acids is 2. The fourth-order valence-corrected chi connectivity index (χ4v) is 7.21. The van der Waals surface area contributed by atoms with Gasteiger partial charge in [-0.1, -0.05) is 38.8 Å². The van der Waals surface area contributed by atoms with Gasteiger partial charge in [-0.25, -0.2) is 9.18 Å². The highest BCUT2D eigenvalue weighted by Crippen LogP contribution is 2.28. The van der Waals surface area contributed by atoms with Gasteiger partial charge in [0.05, 0.1) is 25.7 Å². The summed E-state index contributed by atoms with van der Waals surface area (Å²) in [6.45, 7) is 11.5. The second kappa shape index (κ2) is 16.2. The van der Waals surface area contributed by atoms with Gasteiger partial charge in [-0.3, -0.25) is 9.69 Å². The van der Waals surface area contributed by atoms with Gasteiger partial charge in [0, 0.05) is 56.9 Å². The Hall–Kier alpha value is -2.95. The van der Waals surface area contributed by atoms with Crippen LogP contribution in [0.4, 0.5) is 14.9 Å². The number of hydrogen-bond donors (Lipinski definition) is 1. The molecule has 4 aliphatic rings. The minimum Gasteiger partial charge on any atom is -0.457 e. The number of cyclic esters (lactones) is 1. The molecule has 3 aliphatic heterocycles. The third-order valence-electron chi connectivity index (χ3n) is 10.0. The van der Waals surface area contributed by atoms with Crippen LogP contribution >= 0.6 is 0 Å². The van der Waals surface area contributed by atoms with Crippen molar-refractivity contribution in [1.82, 2.24) is 9.80 Å². The third kappa shape index (κ3) is 9.32. The number of rotatable bonds is 5. The van der Waals surface area contributed by atoms with Gasteiger partial charge in [-0.2, -0.15) is 0 Å². The molecular formula is C36H52FN3O6. The van der Waals surface area contributed by atoms with E-state index in [1.54, 1.807) is 0 Å². The fraction of sp³-hybridized carbons (Fsp3) is 0.667. The van der Waals surface area contributed by atoms with Gasteiger partial charge in [0.2, 0.25) is 0 Å². The van der Waals surface area contributed by atoms with Crippen molar-refractivity contribution in [3.05, 3.63) is 47.3 Å². The van der Waals surface area contributed by atoms with Crippen LogP contribution in [0.5, 0.6) is 0 Å². The monoisotopic (exact) mass is 641 g/mol. The molecule has 2 saturated heterocycles. The number of ether oxygens (including phenoxy) is 3. The average Bonchev–Trinajstić information content (AvgIpc) is 3.59. The number of anilines is 1. The van der Waals surface area contributed by atoms with Crippen molar-refractivity contribution < 1.29 is 33.3 Å². The van der Waals surface area contributed by atoms with E-state index in [-0.39, 0.29) is 30.2 Å². The van der Waals surface area contributed by atoms with Gasteiger partial charge in [0.15, 0.2) is 0 Å². The summed E-state index contributed by atoms with van der Waals surface area (Å²) in [4.78, 5) is 32.7. The Morgan fingerprint density at radius 1 is 0.978 bits per heavy atom. The first-order chi connectivity index (χ1) is 22.2. The smallest absolute Gasteiger partial charge is 0.410 e. The standard InChI is InChI=1S/C36H52FN3O6/c1-25-8-10-32(41)24-34(42)46-35(27(3)20-28-21-29(37)23-31(22-28)39-16-18-44-19-17-39)26(2)9-11-33(25)45-36(43)40-14-12-38(13-15-40)30-6-4-5-7-30/h9,11,20-23,25-26,30,32-33,35,41H,4-8,10,12-19,24H2,1-3H3/b11-9+,27-20+/t25-,26-,32+,33+,35-/m0/s1. The molecule has 46 heavy (non-hydrogen) atoms. The molecule has 254 valence electrons. The molecule has 5 rings (SSSR count). The Bertz CT molecular complexity index is 1240. The number of benzene rings is 1. The maximum absolute atomic E-state index is 14.7. The van der Waals surface area contributed by atoms with Crippen molar-refractivity contribution >= 4 is 23.8 Å². The summed E-state index contributed by atoms with van der Waals surface area (Å²) in [6.07, 6.45) is 9.34. The highest BCUT2D eigenvalue weighted by atomic mass is 19.1. The summed E-state index contributed by atoms with van der Waals surface area (Å²) < 4.78 is 32.2. The van der Waals surface area contributed by atoms with Crippen LogP contribution in [-0.4, -0.2) is 104 Å². The van der Waals surface area contributed by atoms with Crippen molar-refractivity contribution in [2.75, 3.05) is 57.4 Å². The quantitative estimate of drug-likeness (QED) is 0.337. The lowest BCUT2D eigenvalue weighted by Crippen LogP contribution is -2.52. The Kier molecular flexibility index (Phi) is 12.1. The van der Waals surface area contributed by atoms with Crippen LogP contribution in [-0.2, 0) is 19.0 Å². The lowest BCUT2D eigenvalue weighted by Gasteiger charge is -2.38. The predicted octanol–water partition coefficient (Wildman–Crippen LogP) is 5.42. The maximum atomic E-state index is 14.7. The summed E-state index contributed by atoms with van der Waals surface area (Å²) in [6, 6.07) is 5.58. The molecule has 1 aromatic rings. The summed E-state index contributed by atoms with van der Waals surface area (Å²) in [5.41, 5.74) is 2.20. The summed E-state index contributed by atoms with van der Waals surface area (Å²) >= 11 is 0. The molecule has 1 amide bonds. The van der Waals surface area contributed by atoms with Crippen molar-refractivity contribution in [2.45, 2.75) is 90.1 Å². The van der Waals surface area contributed by atoms with Crippen molar-refractivity contribution in [3.8, 4) is 0 Å². The van der Waals surface area contributed by atoms with E-state index in [9.17, 15) is 19.1 Å². The van der Waals surface area contributed by atoms with Crippen LogP contribution in [0.2, 0.25) is 0 Å². The summed E-state index contributed by atoms with van der Waals surface area (Å²) in [5, 5.41) is 10.7. The molecule has 1 aliphatic carbocycles. The number of amides is 1. The van der Waals surface area contributed by atoms with Gasteiger partial charge in [-0.15, -0.1) is 0 Å². The molecule has 0 unspecified atom stereocenters. The van der Waals surface area contributed by atoms with E-state index in [1.165, 1.54) is 37.8 Å². The fourth-order valence-electron chi connectivity index (χ4n) is 7.21. The SMILES string of the molecule is C/C(=C\c1cc(F)cc(N2CCOCC2)c1)[C@H]1OC(=O)C[C@H](O)CC[C@H](C)[C@H](OC(=O)N2CCN(C3CCCC3)CC2)/C=C/[C@@H]1C. The van der Waals surface area contributed by atoms with E-state index < -0.39 is 24.3 Å². The first-order valence-electron chi connectivity index (χ1n) is 17.2. The minimum atomic E-state index is -0.863. The molecule has 3 heterocycles. The van der Waals surface area contributed by atoms with E-state index in [0.29, 0.717) is 63.8 Å². The molecule has 10 heteroatoms. The first-order valence-corrected chi connectivity index (χ1v) is 17.2. The van der Waals surface area contributed by atoms with Crippen LogP contribution in [0.25, 0.3) is 6.08 Å². The number of carbonyl (C=O) groups is 2. The predicted molar refractivity (Wildman–Crippen MR) is 176 cm³/mol. The lowest BCUT2D eigenvalue weighted by atomic mass is 9.91. The topological polar surface area (TPSA) is 91.8 Å². The number of nitrogens with zero attached hydrogens (tertiary/aromatic N) is 3.